The number of nitrogens with one attached hydrogen (secondary N) is 1. The first kappa shape index (κ1) is 24.5. The van der Waals surface area contributed by atoms with Crippen LogP contribution in [-0.4, -0.2) is 41.0 Å². The van der Waals surface area contributed by atoms with Crippen LogP contribution < -0.4 is 9.46 Å². The van der Waals surface area contributed by atoms with Crippen LogP contribution in [0.15, 0.2) is 30.3 Å². The molecule has 1 amide bonds. The lowest BCUT2D eigenvalue weighted by molar-refractivity contribution is 0.0979. The highest BCUT2D eigenvalue weighted by molar-refractivity contribution is 7.82. The number of amides is 1. The van der Waals surface area contributed by atoms with E-state index >= 15 is 0 Å². The summed E-state index contributed by atoms with van der Waals surface area (Å²) >= 11 is 12.2. The SMILES string of the molecule is CS(=O)NC(=O)c1cc(C2CC2)c(OCC2CCN(Cc3cc(Cl)cc(Cl)c3)CC2)cc1F. The summed E-state index contributed by atoms with van der Waals surface area (Å²) in [5, 5.41) is 1.29. The molecule has 1 saturated heterocycles. The van der Waals surface area contributed by atoms with Crippen molar-refractivity contribution in [1.29, 1.82) is 0 Å². The maximum atomic E-state index is 14.6. The van der Waals surface area contributed by atoms with Gasteiger partial charge in [-0.25, -0.2) is 8.60 Å². The Morgan fingerprint density at radius 2 is 1.79 bits per heavy atom. The van der Waals surface area contributed by atoms with Crippen molar-refractivity contribution in [3.63, 3.8) is 0 Å². The van der Waals surface area contributed by atoms with Crippen LogP contribution in [0.5, 0.6) is 5.75 Å². The van der Waals surface area contributed by atoms with Crippen molar-refractivity contribution in [2.24, 2.45) is 5.92 Å². The second-order valence-corrected chi connectivity index (χ2v) is 10.8. The second kappa shape index (κ2) is 10.7. The van der Waals surface area contributed by atoms with Gasteiger partial charge in [0.2, 0.25) is 0 Å². The van der Waals surface area contributed by atoms with Gasteiger partial charge in [0.1, 0.15) is 22.6 Å². The quantitative estimate of drug-likeness (QED) is 0.519. The number of rotatable bonds is 8. The number of ether oxygens (including phenoxy) is 1. The second-order valence-electron chi connectivity index (χ2n) is 8.84. The summed E-state index contributed by atoms with van der Waals surface area (Å²) in [4.78, 5) is 14.6. The Balaban J connectivity index is 1.34. The molecule has 0 aromatic heterocycles. The van der Waals surface area contributed by atoms with Crippen LogP contribution in [0.3, 0.4) is 0 Å². The van der Waals surface area contributed by atoms with Crippen LogP contribution in [0.25, 0.3) is 0 Å². The van der Waals surface area contributed by atoms with E-state index in [0.717, 1.165) is 56.4 Å². The Kier molecular flexibility index (Phi) is 7.95. The third kappa shape index (κ3) is 6.69. The molecule has 9 heteroatoms. The van der Waals surface area contributed by atoms with Crippen molar-refractivity contribution in [3.05, 3.63) is 62.9 Å². The fourth-order valence-electron chi connectivity index (χ4n) is 4.25. The van der Waals surface area contributed by atoms with E-state index in [1.165, 1.54) is 12.3 Å². The average molecular weight is 513 g/mol. The zero-order valence-electron chi connectivity index (χ0n) is 18.4. The van der Waals surface area contributed by atoms with Crippen molar-refractivity contribution in [3.8, 4) is 5.75 Å². The monoisotopic (exact) mass is 512 g/mol. The van der Waals surface area contributed by atoms with E-state index in [1.54, 1.807) is 12.1 Å². The van der Waals surface area contributed by atoms with Crippen molar-refractivity contribution in [1.82, 2.24) is 9.62 Å². The summed E-state index contributed by atoms with van der Waals surface area (Å²) in [6.45, 7) is 3.20. The van der Waals surface area contributed by atoms with Gasteiger partial charge < -0.3 is 4.74 Å². The minimum Gasteiger partial charge on any atom is -0.493 e. The molecule has 1 saturated carbocycles. The van der Waals surface area contributed by atoms with Gasteiger partial charge in [-0.15, -0.1) is 0 Å². The smallest absolute Gasteiger partial charge is 0.265 e. The first-order chi connectivity index (χ1) is 15.8. The lowest BCUT2D eigenvalue weighted by Crippen LogP contribution is -2.35. The van der Waals surface area contributed by atoms with Gasteiger partial charge in [-0.05, 0) is 86.0 Å². The molecule has 1 unspecified atom stereocenters. The summed E-state index contributed by atoms with van der Waals surface area (Å²) < 4.78 is 34.2. The molecule has 2 fully saturated rings. The number of halogens is 3. The Hall–Kier alpha value is -1.67. The Labute approximate surface area is 206 Å². The van der Waals surface area contributed by atoms with Crippen molar-refractivity contribution in [2.75, 3.05) is 26.0 Å². The normalized spacial score (nSPS) is 18.2. The van der Waals surface area contributed by atoms with Gasteiger partial charge in [0.15, 0.2) is 0 Å². The molecular weight excluding hydrogens is 486 g/mol. The Bertz CT molecular complexity index is 1040. The molecule has 1 N–H and O–H groups in total. The summed E-state index contributed by atoms with van der Waals surface area (Å²) in [7, 11) is -1.55. The van der Waals surface area contributed by atoms with Gasteiger partial charge in [-0.1, -0.05) is 23.2 Å². The molecule has 0 bridgehead atoms. The first-order valence-electron chi connectivity index (χ1n) is 11.1. The molecule has 178 valence electrons. The zero-order valence-corrected chi connectivity index (χ0v) is 20.7. The standard InChI is InChI=1S/C24H27Cl2FN2O3S/c1-33(31)28-24(30)21-11-20(17-2-3-17)23(12-22(21)27)32-14-15-4-6-29(7-5-15)13-16-8-18(25)10-19(26)9-16/h8-12,15,17H,2-7,13-14H2,1H3,(H,28,30). The topological polar surface area (TPSA) is 58.6 Å². The van der Waals surface area contributed by atoms with Crippen LogP contribution in [0.2, 0.25) is 10.0 Å². The number of likely N-dealkylation sites (tertiary alicyclic amines) is 1. The molecule has 1 aliphatic heterocycles. The Morgan fingerprint density at radius 3 is 2.39 bits per heavy atom. The Morgan fingerprint density at radius 1 is 1.12 bits per heavy atom. The number of piperidine rings is 1. The van der Waals surface area contributed by atoms with E-state index < -0.39 is 22.7 Å². The summed E-state index contributed by atoms with van der Waals surface area (Å²) in [6.07, 6.45) is 5.30. The lowest BCUT2D eigenvalue weighted by atomic mass is 9.97. The van der Waals surface area contributed by atoms with E-state index in [2.05, 4.69) is 9.62 Å². The largest absolute Gasteiger partial charge is 0.493 e. The third-order valence-electron chi connectivity index (χ3n) is 6.11. The van der Waals surface area contributed by atoms with Gasteiger partial charge >= 0.3 is 0 Å². The lowest BCUT2D eigenvalue weighted by Gasteiger charge is -2.32. The minimum absolute atomic E-state index is 0.0890. The average Bonchev–Trinajstić information content (AvgIpc) is 3.57. The predicted molar refractivity (Wildman–Crippen MR) is 130 cm³/mol. The number of carbonyl (C=O) groups excluding carboxylic acids is 1. The van der Waals surface area contributed by atoms with Crippen LogP contribution in [0.1, 0.15) is 53.1 Å². The van der Waals surface area contributed by atoms with Gasteiger partial charge in [-0.2, -0.15) is 0 Å². The van der Waals surface area contributed by atoms with E-state index in [1.807, 2.05) is 12.1 Å². The van der Waals surface area contributed by atoms with E-state index in [4.69, 9.17) is 27.9 Å². The van der Waals surface area contributed by atoms with Gasteiger partial charge in [0.05, 0.1) is 12.2 Å². The van der Waals surface area contributed by atoms with E-state index in [9.17, 15) is 13.4 Å². The van der Waals surface area contributed by atoms with Gasteiger partial charge in [0.25, 0.3) is 5.91 Å². The molecule has 2 aromatic rings. The van der Waals surface area contributed by atoms with Crippen LogP contribution in [0, 0.1) is 11.7 Å². The number of benzene rings is 2. The first-order valence-corrected chi connectivity index (χ1v) is 13.4. The van der Waals surface area contributed by atoms with Crippen LogP contribution in [0.4, 0.5) is 4.39 Å². The zero-order chi connectivity index (χ0) is 23.5. The molecule has 5 nitrogen and oxygen atoms in total. The number of hydrogen-bond donors (Lipinski definition) is 1. The summed E-state index contributed by atoms with van der Waals surface area (Å²) in [5.41, 5.74) is 1.87. The maximum absolute atomic E-state index is 14.6. The van der Waals surface area contributed by atoms with Crippen LogP contribution in [-0.2, 0) is 17.5 Å². The maximum Gasteiger partial charge on any atom is 0.265 e. The van der Waals surface area contributed by atoms with E-state index in [0.29, 0.717) is 28.3 Å². The molecule has 1 atom stereocenters. The number of nitrogens with zero attached hydrogens (tertiary/aromatic N) is 1. The summed E-state index contributed by atoms with van der Waals surface area (Å²) in [6, 6.07) is 8.48. The van der Waals surface area contributed by atoms with Crippen molar-refractivity contribution in [2.45, 2.75) is 38.1 Å². The molecule has 2 aliphatic rings. The number of carbonyl (C=O) groups is 1. The molecule has 33 heavy (non-hydrogen) atoms. The molecule has 1 heterocycles. The number of hydrogen-bond acceptors (Lipinski definition) is 4. The van der Waals surface area contributed by atoms with Crippen molar-refractivity contribution < 1.29 is 18.1 Å². The molecule has 4 rings (SSSR count). The predicted octanol–water partition coefficient (Wildman–Crippen LogP) is 5.32. The third-order valence-corrected chi connectivity index (χ3v) is 7.02. The highest BCUT2D eigenvalue weighted by Crippen LogP contribution is 2.45. The van der Waals surface area contributed by atoms with Gasteiger partial charge in [0, 0.05) is 28.9 Å². The van der Waals surface area contributed by atoms with Crippen LogP contribution >= 0.6 is 23.2 Å². The molecule has 0 radical (unpaired) electrons. The fraction of sp³-hybridized carbons (Fsp3) is 0.458. The molecule has 1 aliphatic carbocycles. The highest BCUT2D eigenvalue weighted by atomic mass is 35.5. The fourth-order valence-corrected chi connectivity index (χ4v) is 5.19. The minimum atomic E-state index is -1.55. The highest BCUT2D eigenvalue weighted by Gasteiger charge is 2.30. The summed E-state index contributed by atoms with van der Waals surface area (Å²) in [5.74, 6) is -0.155. The molecule has 2 aromatic carbocycles. The molecule has 0 spiro atoms. The van der Waals surface area contributed by atoms with Crippen molar-refractivity contribution >= 4 is 40.1 Å². The molecular formula is C24H27Cl2FN2O3S. The van der Waals surface area contributed by atoms with Gasteiger partial charge in [-0.3, -0.25) is 14.4 Å². The van der Waals surface area contributed by atoms with E-state index in [-0.39, 0.29) is 11.5 Å².